The second-order valence-corrected chi connectivity index (χ2v) is 5.01. The van der Waals surface area contributed by atoms with Crippen LogP contribution in [0.25, 0.3) is 5.69 Å². The van der Waals surface area contributed by atoms with Crippen molar-refractivity contribution in [2.24, 2.45) is 0 Å². The van der Waals surface area contributed by atoms with Crippen LogP contribution in [0.3, 0.4) is 0 Å². The lowest BCUT2D eigenvalue weighted by Gasteiger charge is -2.13. The number of aromatic nitrogens is 2. The van der Waals surface area contributed by atoms with Crippen molar-refractivity contribution < 1.29 is 4.74 Å². The maximum Gasteiger partial charge on any atom is 0.207 e. The number of nitrogens with one attached hydrogen (secondary N) is 1. The Morgan fingerprint density at radius 3 is 2.75 bits per heavy atom. The molecule has 20 heavy (non-hydrogen) atoms. The second kappa shape index (κ2) is 6.46. The molecule has 108 valence electrons. The lowest BCUT2D eigenvalue weighted by atomic mass is 10.2. The fourth-order valence-corrected chi connectivity index (χ4v) is 2.21. The van der Waals surface area contributed by atoms with E-state index in [1.807, 2.05) is 19.1 Å². The molecule has 0 radical (unpaired) electrons. The Morgan fingerprint density at radius 2 is 2.10 bits per heavy atom. The third-order valence-corrected chi connectivity index (χ3v) is 3.30. The zero-order valence-corrected chi connectivity index (χ0v) is 12.7. The number of ether oxygens (including phenoxy) is 1. The maximum atomic E-state index is 5.26. The number of benzene rings is 1. The van der Waals surface area contributed by atoms with Crippen LogP contribution in [0.4, 0.5) is 5.95 Å². The van der Waals surface area contributed by atoms with Crippen LogP contribution < -0.4 is 10.1 Å². The third-order valence-electron chi connectivity index (χ3n) is 3.30. The number of hydrogen-bond donors (Lipinski definition) is 1. The van der Waals surface area contributed by atoms with Gasteiger partial charge in [-0.25, -0.2) is 4.98 Å². The molecule has 4 nitrogen and oxygen atoms in total. The summed E-state index contributed by atoms with van der Waals surface area (Å²) in [5.41, 5.74) is 3.31. The Labute approximate surface area is 120 Å². The van der Waals surface area contributed by atoms with Crippen LogP contribution in [0.1, 0.15) is 31.0 Å². The molecule has 0 atom stereocenters. The van der Waals surface area contributed by atoms with Crippen molar-refractivity contribution in [3.8, 4) is 11.4 Å². The number of aryl methyl sites for hydroxylation is 2. The molecule has 1 N–H and O–H groups in total. The molecule has 0 aliphatic heterocycles. The summed E-state index contributed by atoms with van der Waals surface area (Å²) in [6.07, 6.45) is 4.38. The Bertz CT molecular complexity index is 575. The highest BCUT2D eigenvalue weighted by molar-refractivity contribution is 5.50. The van der Waals surface area contributed by atoms with Gasteiger partial charge in [-0.1, -0.05) is 13.3 Å². The molecule has 2 rings (SSSR count). The average molecular weight is 273 g/mol. The first kappa shape index (κ1) is 14.4. The minimum Gasteiger partial charge on any atom is -0.497 e. The van der Waals surface area contributed by atoms with Gasteiger partial charge in [-0.2, -0.15) is 0 Å². The first-order chi connectivity index (χ1) is 9.65. The van der Waals surface area contributed by atoms with E-state index in [0.29, 0.717) is 0 Å². The first-order valence-electron chi connectivity index (χ1n) is 7.10. The topological polar surface area (TPSA) is 39.1 Å². The first-order valence-corrected chi connectivity index (χ1v) is 7.10. The third kappa shape index (κ3) is 3.13. The minimum atomic E-state index is 0.878. The molecular weight excluding hydrogens is 250 g/mol. The summed E-state index contributed by atoms with van der Waals surface area (Å²) in [4.78, 5) is 4.56. The fourth-order valence-electron chi connectivity index (χ4n) is 2.21. The quantitative estimate of drug-likeness (QED) is 0.815. The average Bonchev–Trinajstić information content (AvgIpc) is 2.80. The number of unbranched alkanes of at least 4 members (excludes halogenated alkanes) is 1. The highest BCUT2D eigenvalue weighted by Gasteiger charge is 2.09. The summed E-state index contributed by atoms with van der Waals surface area (Å²) in [5, 5.41) is 3.41. The van der Waals surface area contributed by atoms with Crippen LogP contribution in [0.15, 0.2) is 24.4 Å². The van der Waals surface area contributed by atoms with Crippen LogP contribution >= 0.6 is 0 Å². The normalized spacial score (nSPS) is 10.6. The summed E-state index contributed by atoms with van der Waals surface area (Å²) in [7, 11) is 1.69. The Balaban J connectivity index is 2.32. The summed E-state index contributed by atoms with van der Waals surface area (Å²) in [5.74, 6) is 1.78. The van der Waals surface area contributed by atoms with E-state index < -0.39 is 0 Å². The largest absolute Gasteiger partial charge is 0.497 e. The molecule has 0 fully saturated rings. The van der Waals surface area contributed by atoms with Gasteiger partial charge in [-0.3, -0.25) is 4.57 Å². The lowest BCUT2D eigenvalue weighted by Crippen LogP contribution is -2.08. The molecule has 0 aliphatic rings. The van der Waals surface area contributed by atoms with E-state index in [2.05, 4.69) is 41.0 Å². The van der Waals surface area contributed by atoms with E-state index in [1.54, 1.807) is 7.11 Å². The monoisotopic (exact) mass is 273 g/mol. The molecule has 1 aromatic heterocycles. The van der Waals surface area contributed by atoms with Gasteiger partial charge >= 0.3 is 0 Å². The molecule has 1 aromatic carbocycles. The van der Waals surface area contributed by atoms with Gasteiger partial charge in [0, 0.05) is 12.7 Å². The van der Waals surface area contributed by atoms with Gasteiger partial charge in [-0.05, 0) is 44.0 Å². The standard InChI is InChI=1S/C16H23N3O/c1-5-6-9-17-16-18-13(3)11-19(16)15-8-7-14(20-4)10-12(15)2/h7-8,10-11H,5-6,9H2,1-4H3,(H,17,18). The molecule has 0 unspecified atom stereocenters. The number of methoxy groups -OCH3 is 1. The smallest absolute Gasteiger partial charge is 0.207 e. The molecule has 1 heterocycles. The summed E-state index contributed by atoms with van der Waals surface area (Å²) >= 11 is 0. The number of nitrogens with zero attached hydrogens (tertiary/aromatic N) is 2. The lowest BCUT2D eigenvalue weighted by molar-refractivity contribution is 0.414. The summed E-state index contributed by atoms with van der Waals surface area (Å²) in [6, 6.07) is 6.09. The van der Waals surface area contributed by atoms with Crippen LogP contribution in [0.2, 0.25) is 0 Å². The van der Waals surface area contributed by atoms with E-state index in [0.717, 1.165) is 36.0 Å². The zero-order valence-electron chi connectivity index (χ0n) is 12.7. The van der Waals surface area contributed by atoms with Gasteiger partial charge in [0.25, 0.3) is 0 Å². The molecule has 0 aliphatic carbocycles. The van der Waals surface area contributed by atoms with E-state index >= 15 is 0 Å². The van der Waals surface area contributed by atoms with Gasteiger partial charge in [0.05, 0.1) is 18.5 Å². The molecule has 0 bridgehead atoms. The number of imidazole rings is 1. The van der Waals surface area contributed by atoms with Crippen LogP contribution in [-0.4, -0.2) is 23.2 Å². The summed E-state index contributed by atoms with van der Waals surface area (Å²) in [6.45, 7) is 7.23. The van der Waals surface area contributed by atoms with E-state index in [9.17, 15) is 0 Å². The van der Waals surface area contributed by atoms with Crippen molar-refractivity contribution in [1.29, 1.82) is 0 Å². The van der Waals surface area contributed by atoms with Gasteiger partial charge in [0.15, 0.2) is 0 Å². The predicted octanol–water partition coefficient (Wildman–Crippen LogP) is 3.71. The highest BCUT2D eigenvalue weighted by atomic mass is 16.5. The minimum absolute atomic E-state index is 0.878. The van der Waals surface area contributed by atoms with Crippen LogP contribution in [0.5, 0.6) is 5.75 Å². The fraction of sp³-hybridized carbons (Fsp3) is 0.438. The second-order valence-electron chi connectivity index (χ2n) is 5.01. The predicted molar refractivity (Wildman–Crippen MR) is 83.0 cm³/mol. The van der Waals surface area contributed by atoms with Gasteiger partial charge in [0.2, 0.25) is 5.95 Å². The maximum absolute atomic E-state index is 5.26. The van der Waals surface area contributed by atoms with Crippen molar-refractivity contribution in [3.63, 3.8) is 0 Å². The Kier molecular flexibility index (Phi) is 4.66. The van der Waals surface area contributed by atoms with Crippen molar-refractivity contribution in [2.45, 2.75) is 33.6 Å². The molecule has 0 spiro atoms. The van der Waals surface area contributed by atoms with Gasteiger partial charge in [0.1, 0.15) is 5.75 Å². The summed E-state index contributed by atoms with van der Waals surface area (Å²) < 4.78 is 7.37. The van der Waals surface area contributed by atoms with Crippen LogP contribution in [-0.2, 0) is 0 Å². The molecule has 0 saturated carbocycles. The van der Waals surface area contributed by atoms with E-state index in [4.69, 9.17) is 4.74 Å². The Hall–Kier alpha value is -1.97. The van der Waals surface area contributed by atoms with Crippen molar-refractivity contribution in [2.75, 3.05) is 19.0 Å². The van der Waals surface area contributed by atoms with Crippen molar-refractivity contribution >= 4 is 5.95 Å². The van der Waals surface area contributed by atoms with Crippen molar-refractivity contribution in [1.82, 2.24) is 9.55 Å². The molecule has 2 aromatic rings. The molecule has 0 saturated heterocycles. The molecular formula is C16H23N3O. The SMILES string of the molecule is CCCCNc1nc(C)cn1-c1ccc(OC)cc1C. The number of anilines is 1. The van der Waals surface area contributed by atoms with Crippen LogP contribution in [0, 0.1) is 13.8 Å². The van der Waals surface area contributed by atoms with E-state index in [1.165, 1.54) is 12.0 Å². The number of rotatable bonds is 6. The van der Waals surface area contributed by atoms with Crippen molar-refractivity contribution in [3.05, 3.63) is 35.7 Å². The molecule has 0 amide bonds. The van der Waals surface area contributed by atoms with Gasteiger partial charge in [-0.15, -0.1) is 0 Å². The zero-order chi connectivity index (χ0) is 14.5. The number of hydrogen-bond acceptors (Lipinski definition) is 3. The Morgan fingerprint density at radius 1 is 1.30 bits per heavy atom. The molecule has 4 heteroatoms. The van der Waals surface area contributed by atoms with Gasteiger partial charge < -0.3 is 10.1 Å². The van der Waals surface area contributed by atoms with E-state index in [-0.39, 0.29) is 0 Å². The highest BCUT2D eigenvalue weighted by Crippen LogP contribution is 2.23.